The third kappa shape index (κ3) is 4.22. The molecule has 1 radical (unpaired) electrons. The molecule has 0 atom stereocenters. The van der Waals surface area contributed by atoms with Crippen LogP contribution in [0.1, 0.15) is 18.4 Å². The summed E-state index contributed by atoms with van der Waals surface area (Å²) in [6.45, 7) is 2.78. The monoisotopic (exact) mass is 355 g/mol. The Bertz CT molecular complexity index is 673. The minimum absolute atomic E-state index is 0.478. The second-order valence-electron chi connectivity index (χ2n) is 6.40. The van der Waals surface area contributed by atoms with Crippen LogP contribution in [0.2, 0.25) is 0 Å². The molecule has 1 fully saturated rings. The highest BCUT2D eigenvalue weighted by molar-refractivity contribution is 5.50. The third-order valence-electron chi connectivity index (χ3n) is 4.91. The zero-order valence-corrected chi connectivity index (χ0v) is 15.7. The van der Waals surface area contributed by atoms with Crippen molar-refractivity contribution in [3.8, 4) is 17.2 Å². The highest BCUT2D eigenvalue weighted by Gasteiger charge is 2.20. The SMILES string of the molecule is COc1cc(OC)c(CNC2CCN(c3[c]cccc3)CC2)c(OC)c1. The fourth-order valence-corrected chi connectivity index (χ4v) is 3.40. The second kappa shape index (κ2) is 8.81. The van der Waals surface area contributed by atoms with Crippen molar-refractivity contribution in [2.24, 2.45) is 0 Å². The smallest absolute Gasteiger partial charge is 0.130 e. The van der Waals surface area contributed by atoms with Gasteiger partial charge in [-0.25, -0.2) is 0 Å². The van der Waals surface area contributed by atoms with E-state index in [1.165, 1.54) is 5.69 Å². The van der Waals surface area contributed by atoms with Crippen LogP contribution in [0.4, 0.5) is 5.69 Å². The maximum absolute atomic E-state index is 5.53. The van der Waals surface area contributed by atoms with Crippen LogP contribution < -0.4 is 24.4 Å². The van der Waals surface area contributed by atoms with Gasteiger partial charge in [0.25, 0.3) is 0 Å². The number of ether oxygens (including phenoxy) is 3. The van der Waals surface area contributed by atoms with Gasteiger partial charge in [-0.3, -0.25) is 0 Å². The molecule has 3 rings (SSSR count). The molecule has 1 heterocycles. The van der Waals surface area contributed by atoms with Gasteiger partial charge in [-0.15, -0.1) is 0 Å². The van der Waals surface area contributed by atoms with E-state index in [0.29, 0.717) is 12.6 Å². The van der Waals surface area contributed by atoms with Gasteiger partial charge in [0.2, 0.25) is 0 Å². The summed E-state index contributed by atoms with van der Waals surface area (Å²) in [7, 11) is 4.99. The topological polar surface area (TPSA) is 43.0 Å². The first kappa shape index (κ1) is 18.4. The van der Waals surface area contributed by atoms with Gasteiger partial charge < -0.3 is 24.4 Å². The number of anilines is 1. The molecule has 26 heavy (non-hydrogen) atoms. The maximum Gasteiger partial charge on any atom is 0.130 e. The first-order valence-electron chi connectivity index (χ1n) is 8.99. The molecule has 0 aliphatic carbocycles. The van der Waals surface area contributed by atoms with Crippen LogP contribution in [0.15, 0.2) is 36.4 Å². The average molecular weight is 355 g/mol. The molecule has 0 amide bonds. The molecule has 0 bridgehead atoms. The largest absolute Gasteiger partial charge is 0.496 e. The van der Waals surface area contributed by atoms with E-state index in [-0.39, 0.29) is 0 Å². The first-order valence-corrected chi connectivity index (χ1v) is 8.99. The first-order chi connectivity index (χ1) is 12.7. The van der Waals surface area contributed by atoms with Crippen LogP contribution in [0.25, 0.3) is 0 Å². The summed E-state index contributed by atoms with van der Waals surface area (Å²) in [5.74, 6) is 2.30. The predicted molar refractivity (Wildman–Crippen MR) is 103 cm³/mol. The van der Waals surface area contributed by atoms with Gasteiger partial charge in [-0.05, 0) is 18.9 Å². The molecule has 5 heteroatoms. The van der Waals surface area contributed by atoms with E-state index in [2.05, 4.69) is 28.4 Å². The Balaban J connectivity index is 1.60. The summed E-state index contributed by atoms with van der Waals surface area (Å²) >= 11 is 0. The number of hydrogen-bond acceptors (Lipinski definition) is 5. The molecule has 0 aromatic heterocycles. The molecular weight excluding hydrogens is 328 g/mol. The normalized spacial score (nSPS) is 15.0. The van der Waals surface area contributed by atoms with Crippen LogP contribution >= 0.6 is 0 Å². The summed E-state index contributed by atoms with van der Waals surface area (Å²) in [5, 5.41) is 3.66. The fourth-order valence-electron chi connectivity index (χ4n) is 3.40. The summed E-state index contributed by atoms with van der Waals surface area (Å²) in [5.41, 5.74) is 2.21. The van der Waals surface area contributed by atoms with Gasteiger partial charge >= 0.3 is 0 Å². The van der Waals surface area contributed by atoms with Crippen LogP contribution in [0.3, 0.4) is 0 Å². The number of nitrogens with one attached hydrogen (secondary N) is 1. The number of rotatable bonds is 7. The number of benzene rings is 2. The molecule has 1 saturated heterocycles. The zero-order chi connectivity index (χ0) is 18.4. The van der Waals surface area contributed by atoms with Crippen LogP contribution in [0, 0.1) is 6.07 Å². The Morgan fingerprint density at radius 3 is 2.27 bits per heavy atom. The zero-order valence-electron chi connectivity index (χ0n) is 15.7. The molecule has 0 spiro atoms. The summed E-state index contributed by atoms with van der Waals surface area (Å²) in [6, 6.07) is 15.8. The summed E-state index contributed by atoms with van der Waals surface area (Å²) in [4.78, 5) is 2.40. The van der Waals surface area contributed by atoms with Gasteiger partial charge in [-0.2, -0.15) is 0 Å². The van der Waals surface area contributed by atoms with E-state index in [9.17, 15) is 0 Å². The van der Waals surface area contributed by atoms with Crippen molar-refractivity contribution in [1.82, 2.24) is 5.32 Å². The van der Waals surface area contributed by atoms with Crippen molar-refractivity contribution in [2.45, 2.75) is 25.4 Å². The van der Waals surface area contributed by atoms with Crippen LogP contribution in [0.5, 0.6) is 17.2 Å². The lowest BCUT2D eigenvalue weighted by Crippen LogP contribution is -2.42. The number of hydrogen-bond donors (Lipinski definition) is 1. The van der Waals surface area contributed by atoms with Gasteiger partial charge in [0.05, 0.1) is 26.9 Å². The van der Waals surface area contributed by atoms with Crippen molar-refractivity contribution < 1.29 is 14.2 Å². The maximum atomic E-state index is 5.53. The lowest BCUT2D eigenvalue weighted by molar-refractivity contribution is 0.358. The Labute approximate surface area is 155 Å². The number of methoxy groups -OCH3 is 3. The minimum Gasteiger partial charge on any atom is -0.496 e. The van der Waals surface area contributed by atoms with Crippen molar-refractivity contribution in [3.05, 3.63) is 48.0 Å². The highest BCUT2D eigenvalue weighted by atomic mass is 16.5. The fraction of sp³-hybridized carbons (Fsp3) is 0.429. The molecule has 1 aliphatic heterocycles. The second-order valence-corrected chi connectivity index (χ2v) is 6.40. The van der Waals surface area contributed by atoms with Crippen molar-refractivity contribution >= 4 is 5.69 Å². The molecule has 139 valence electrons. The molecule has 0 unspecified atom stereocenters. The lowest BCUT2D eigenvalue weighted by Gasteiger charge is -2.34. The van der Waals surface area contributed by atoms with Gasteiger partial charge in [0.1, 0.15) is 17.2 Å². The van der Waals surface area contributed by atoms with Crippen LogP contribution in [-0.4, -0.2) is 40.5 Å². The van der Waals surface area contributed by atoms with E-state index >= 15 is 0 Å². The molecule has 2 aromatic carbocycles. The minimum atomic E-state index is 0.478. The van der Waals surface area contributed by atoms with Gasteiger partial charge in [0, 0.05) is 49.6 Å². The Morgan fingerprint density at radius 1 is 1.04 bits per heavy atom. The van der Waals surface area contributed by atoms with Crippen LogP contribution in [-0.2, 0) is 6.54 Å². The molecule has 0 saturated carbocycles. The molecule has 1 aliphatic rings. The Kier molecular flexibility index (Phi) is 6.23. The van der Waals surface area contributed by atoms with Crippen molar-refractivity contribution in [2.75, 3.05) is 39.3 Å². The third-order valence-corrected chi connectivity index (χ3v) is 4.91. The van der Waals surface area contributed by atoms with E-state index < -0.39 is 0 Å². The quantitative estimate of drug-likeness (QED) is 0.826. The summed E-state index contributed by atoms with van der Waals surface area (Å²) in [6.07, 6.45) is 2.20. The highest BCUT2D eigenvalue weighted by Crippen LogP contribution is 2.34. The van der Waals surface area contributed by atoms with Crippen molar-refractivity contribution in [1.29, 1.82) is 0 Å². The number of para-hydroxylation sites is 1. The van der Waals surface area contributed by atoms with E-state index in [1.54, 1.807) is 21.3 Å². The van der Waals surface area contributed by atoms with Crippen molar-refractivity contribution in [3.63, 3.8) is 0 Å². The standard InChI is InChI=1S/C21H27N2O3/c1-24-18-13-20(25-2)19(21(14-18)26-3)15-22-16-9-11-23(12-10-16)17-7-5-4-6-8-17/h4-7,13-14,16,22H,9-12,15H2,1-3H3. The molecule has 5 nitrogen and oxygen atoms in total. The lowest BCUT2D eigenvalue weighted by atomic mass is 10.0. The van der Waals surface area contributed by atoms with E-state index in [1.807, 2.05) is 24.3 Å². The number of piperidine rings is 1. The van der Waals surface area contributed by atoms with E-state index in [4.69, 9.17) is 14.2 Å². The van der Waals surface area contributed by atoms with Gasteiger partial charge in [0.15, 0.2) is 0 Å². The molecular formula is C21H27N2O3. The predicted octanol–water partition coefficient (Wildman–Crippen LogP) is 3.27. The van der Waals surface area contributed by atoms with E-state index in [0.717, 1.165) is 48.7 Å². The summed E-state index contributed by atoms with van der Waals surface area (Å²) < 4.78 is 16.4. The van der Waals surface area contributed by atoms with Gasteiger partial charge in [-0.1, -0.05) is 18.2 Å². The molecule has 2 aromatic rings. The Hall–Kier alpha value is -2.40. The molecule has 1 N–H and O–H groups in total. The average Bonchev–Trinajstić information content (AvgIpc) is 2.72. The Morgan fingerprint density at radius 2 is 1.73 bits per heavy atom. The number of nitrogens with zero attached hydrogens (tertiary/aromatic N) is 1.